The Bertz CT molecular complexity index is 381. The summed E-state index contributed by atoms with van der Waals surface area (Å²) in [6, 6.07) is 7.33. The molecule has 0 aliphatic carbocycles. The second-order valence-electron chi connectivity index (χ2n) is 3.00. The first kappa shape index (κ1) is 12.8. The van der Waals surface area contributed by atoms with E-state index in [9.17, 15) is 9.59 Å². The van der Waals surface area contributed by atoms with Crippen LogP contribution in [-0.4, -0.2) is 21.8 Å². The van der Waals surface area contributed by atoms with Crippen LogP contribution in [0.2, 0.25) is 0 Å². The van der Waals surface area contributed by atoms with Crippen molar-refractivity contribution in [2.24, 2.45) is 0 Å². The summed E-state index contributed by atoms with van der Waals surface area (Å²) >= 11 is 10.9. The zero-order valence-electron chi connectivity index (χ0n) is 8.06. The quantitative estimate of drug-likeness (QED) is 0.818. The molecule has 6 heteroatoms. The molecule has 0 spiro atoms. The third-order valence-corrected chi connectivity index (χ3v) is 2.33. The molecule has 0 radical (unpaired) electrons. The molecule has 1 unspecified atom stereocenters. The Kier molecular flexibility index (Phi) is 4.58. The molecule has 1 amide bonds. The van der Waals surface area contributed by atoms with Gasteiger partial charge in [-0.15, -0.1) is 0 Å². The third kappa shape index (κ3) is 3.40. The van der Waals surface area contributed by atoms with Crippen LogP contribution in [0.25, 0.3) is 0 Å². The van der Waals surface area contributed by atoms with Crippen molar-refractivity contribution in [3.63, 3.8) is 0 Å². The van der Waals surface area contributed by atoms with Crippen LogP contribution in [0.15, 0.2) is 30.3 Å². The minimum absolute atomic E-state index is 0.501. The van der Waals surface area contributed by atoms with Crippen LogP contribution in [0, 0.1) is 0 Å². The Labute approximate surface area is 102 Å². The molecule has 2 N–H and O–H groups in total. The molecule has 1 rings (SSSR count). The predicted octanol–water partition coefficient (Wildman–Crippen LogP) is 2.37. The highest BCUT2D eigenvalue weighted by atomic mass is 35.5. The van der Waals surface area contributed by atoms with Crippen molar-refractivity contribution in [3.05, 3.63) is 35.9 Å². The van der Waals surface area contributed by atoms with Crippen molar-refractivity contribution in [2.45, 2.75) is 10.9 Å². The second kappa shape index (κ2) is 5.72. The lowest BCUT2D eigenvalue weighted by Gasteiger charge is -2.16. The summed E-state index contributed by atoms with van der Waals surface area (Å²) in [6.45, 7) is 0. The number of benzene rings is 1. The molecule has 86 valence electrons. The molecule has 0 aliphatic rings. The fourth-order valence-corrected chi connectivity index (χ4v) is 1.47. The largest absolute Gasteiger partial charge is 0.465 e. The van der Waals surface area contributed by atoms with E-state index in [0.29, 0.717) is 5.56 Å². The van der Waals surface area contributed by atoms with E-state index in [0.717, 1.165) is 0 Å². The first-order valence-electron chi connectivity index (χ1n) is 4.38. The molecule has 1 atom stereocenters. The SMILES string of the molecule is O=C(O)NC(C(=O)C(Cl)Cl)c1ccccc1. The number of alkyl halides is 2. The Balaban J connectivity index is 2.96. The van der Waals surface area contributed by atoms with Crippen LogP contribution in [0.3, 0.4) is 0 Å². The van der Waals surface area contributed by atoms with E-state index < -0.39 is 22.8 Å². The number of nitrogens with one attached hydrogen (secondary N) is 1. The minimum atomic E-state index is -1.31. The summed E-state index contributed by atoms with van der Waals surface area (Å²) in [5.41, 5.74) is 0.501. The summed E-state index contributed by atoms with van der Waals surface area (Å²) in [5, 5.41) is 10.7. The maximum Gasteiger partial charge on any atom is 0.405 e. The molecule has 0 fully saturated rings. The maximum absolute atomic E-state index is 11.6. The van der Waals surface area contributed by atoms with Crippen LogP contribution in [-0.2, 0) is 4.79 Å². The number of rotatable bonds is 4. The Morgan fingerprint density at radius 1 is 1.19 bits per heavy atom. The van der Waals surface area contributed by atoms with Crippen molar-refractivity contribution < 1.29 is 14.7 Å². The van der Waals surface area contributed by atoms with Gasteiger partial charge in [-0.25, -0.2) is 4.79 Å². The molecule has 0 aliphatic heterocycles. The molecule has 1 aromatic carbocycles. The van der Waals surface area contributed by atoms with Crippen molar-refractivity contribution in [2.75, 3.05) is 0 Å². The lowest BCUT2D eigenvalue weighted by Crippen LogP contribution is -2.35. The van der Waals surface area contributed by atoms with Gasteiger partial charge in [-0.05, 0) is 5.56 Å². The number of halogens is 2. The zero-order chi connectivity index (χ0) is 12.1. The second-order valence-corrected chi connectivity index (χ2v) is 4.09. The molecule has 4 nitrogen and oxygen atoms in total. The van der Waals surface area contributed by atoms with Gasteiger partial charge in [-0.3, -0.25) is 4.79 Å². The number of hydrogen-bond donors (Lipinski definition) is 2. The number of carbonyl (C=O) groups excluding carboxylic acids is 1. The molecule has 0 bridgehead atoms. The van der Waals surface area contributed by atoms with Crippen molar-refractivity contribution in [1.82, 2.24) is 5.32 Å². The predicted molar refractivity (Wildman–Crippen MR) is 60.8 cm³/mol. The molecular weight excluding hydrogens is 253 g/mol. The number of amides is 1. The van der Waals surface area contributed by atoms with Gasteiger partial charge >= 0.3 is 6.09 Å². The van der Waals surface area contributed by atoms with Crippen LogP contribution in [0.1, 0.15) is 11.6 Å². The van der Waals surface area contributed by atoms with Crippen LogP contribution < -0.4 is 5.32 Å². The Morgan fingerprint density at radius 3 is 2.19 bits per heavy atom. The van der Waals surface area contributed by atoms with Gasteiger partial charge in [-0.1, -0.05) is 53.5 Å². The van der Waals surface area contributed by atoms with Gasteiger partial charge in [0.1, 0.15) is 6.04 Å². The Morgan fingerprint density at radius 2 is 1.75 bits per heavy atom. The highest BCUT2D eigenvalue weighted by Crippen LogP contribution is 2.19. The Hall–Kier alpha value is -1.26. The van der Waals surface area contributed by atoms with Gasteiger partial charge < -0.3 is 10.4 Å². The van der Waals surface area contributed by atoms with Gasteiger partial charge in [0.05, 0.1) is 0 Å². The first-order chi connectivity index (χ1) is 7.52. The number of carbonyl (C=O) groups is 2. The summed E-state index contributed by atoms with van der Waals surface area (Å²) in [7, 11) is 0. The summed E-state index contributed by atoms with van der Waals surface area (Å²) in [4.78, 5) is 20.9. The smallest absolute Gasteiger partial charge is 0.405 e. The lowest BCUT2D eigenvalue weighted by molar-refractivity contribution is -0.119. The number of hydrogen-bond acceptors (Lipinski definition) is 2. The number of carboxylic acid groups (broad SMARTS) is 1. The van der Waals surface area contributed by atoms with Gasteiger partial charge in [0.2, 0.25) is 0 Å². The normalized spacial score (nSPS) is 12.2. The summed E-state index contributed by atoms with van der Waals surface area (Å²) in [5.74, 6) is -0.600. The first-order valence-corrected chi connectivity index (χ1v) is 5.26. The van der Waals surface area contributed by atoms with E-state index in [4.69, 9.17) is 28.3 Å². The van der Waals surface area contributed by atoms with E-state index in [-0.39, 0.29) is 0 Å². The molecular formula is C10H9Cl2NO3. The maximum atomic E-state index is 11.6. The summed E-state index contributed by atoms with van der Waals surface area (Å²) in [6.07, 6.45) is -1.31. The molecule has 16 heavy (non-hydrogen) atoms. The fourth-order valence-electron chi connectivity index (χ4n) is 1.21. The van der Waals surface area contributed by atoms with Crippen LogP contribution in [0.4, 0.5) is 4.79 Å². The third-order valence-electron chi connectivity index (χ3n) is 1.90. The highest BCUT2D eigenvalue weighted by molar-refractivity contribution is 6.54. The van der Waals surface area contributed by atoms with Crippen LogP contribution in [0.5, 0.6) is 0 Å². The summed E-state index contributed by atoms with van der Waals surface area (Å²) < 4.78 is 0. The van der Waals surface area contributed by atoms with E-state index in [2.05, 4.69) is 5.32 Å². The zero-order valence-corrected chi connectivity index (χ0v) is 9.57. The highest BCUT2D eigenvalue weighted by Gasteiger charge is 2.26. The van der Waals surface area contributed by atoms with Gasteiger partial charge in [0.25, 0.3) is 0 Å². The monoisotopic (exact) mass is 261 g/mol. The molecule has 0 aromatic heterocycles. The fraction of sp³-hybridized carbons (Fsp3) is 0.200. The van der Waals surface area contributed by atoms with Crippen LogP contribution >= 0.6 is 23.2 Å². The van der Waals surface area contributed by atoms with Crippen molar-refractivity contribution >= 4 is 35.1 Å². The van der Waals surface area contributed by atoms with E-state index in [1.807, 2.05) is 0 Å². The topological polar surface area (TPSA) is 66.4 Å². The van der Waals surface area contributed by atoms with E-state index in [1.165, 1.54) is 0 Å². The van der Waals surface area contributed by atoms with Gasteiger partial charge in [0.15, 0.2) is 10.6 Å². The molecule has 1 aromatic rings. The van der Waals surface area contributed by atoms with E-state index in [1.54, 1.807) is 30.3 Å². The number of ketones is 1. The van der Waals surface area contributed by atoms with Crippen molar-refractivity contribution in [1.29, 1.82) is 0 Å². The minimum Gasteiger partial charge on any atom is -0.465 e. The lowest BCUT2D eigenvalue weighted by atomic mass is 10.0. The van der Waals surface area contributed by atoms with Gasteiger partial charge in [0, 0.05) is 0 Å². The van der Waals surface area contributed by atoms with Crippen molar-refractivity contribution in [3.8, 4) is 0 Å². The van der Waals surface area contributed by atoms with Gasteiger partial charge in [-0.2, -0.15) is 0 Å². The number of Topliss-reactive ketones (excluding diaryl/α,β-unsaturated/α-hetero) is 1. The average Bonchev–Trinajstić information content (AvgIpc) is 2.26. The van der Waals surface area contributed by atoms with E-state index >= 15 is 0 Å². The average molecular weight is 262 g/mol. The molecule has 0 saturated carbocycles. The molecule has 0 heterocycles. The molecule has 0 saturated heterocycles. The standard InChI is InChI=1S/C10H9Cl2NO3/c11-9(12)8(14)7(13-10(15)16)6-4-2-1-3-5-6/h1-5,7,9,13H,(H,15,16).